The summed E-state index contributed by atoms with van der Waals surface area (Å²) in [5, 5.41) is 26.4. The summed E-state index contributed by atoms with van der Waals surface area (Å²) < 4.78 is 24.3. The number of phenolic OH excluding ortho intramolecular Hbond substituents is 1. The zero-order chi connectivity index (χ0) is 30.7. The highest BCUT2D eigenvalue weighted by atomic mass is 32.2. The van der Waals surface area contributed by atoms with Gasteiger partial charge in [-0.3, -0.25) is 14.7 Å². The Kier molecular flexibility index (Phi) is 14.4. The molecule has 0 spiro atoms. The molecule has 1 rings (SSSR count). The van der Waals surface area contributed by atoms with E-state index in [2.05, 4.69) is 58.8 Å². The molecule has 1 N–H and O–H groups in total. The van der Waals surface area contributed by atoms with E-state index in [1.807, 2.05) is 0 Å². The summed E-state index contributed by atoms with van der Waals surface area (Å²) in [7, 11) is -3.81. The molecule has 0 aliphatic rings. The molecule has 0 bridgehead atoms. The first-order chi connectivity index (χ1) is 18.5. The van der Waals surface area contributed by atoms with Gasteiger partial charge >= 0.3 is 7.60 Å². The third-order valence-electron chi connectivity index (χ3n) is 6.21. The van der Waals surface area contributed by atoms with Crippen LogP contribution in [0.15, 0.2) is 33.8 Å². The highest BCUT2D eigenvalue weighted by Crippen LogP contribution is 2.50. The van der Waals surface area contributed by atoms with Crippen LogP contribution in [0.3, 0.4) is 0 Å². The van der Waals surface area contributed by atoms with Crippen LogP contribution < -0.4 is 0 Å². The number of hydrogen-bond acceptors (Lipinski definition) is 9. The molecule has 11 heteroatoms. The Bertz CT molecular complexity index is 1050. The van der Waals surface area contributed by atoms with Gasteiger partial charge in [0.2, 0.25) is 6.04 Å². The summed E-state index contributed by atoms with van der Waals surface area (Å²) in [4.78, 5) is 17.6. The molecule has 0 heterocycles. The average Bonchev–Trinajstić information content (AvgIpc) is 2.84. The second-order valence-electron chi connectivity index (χ2n) is 11.6. The van der Waals surface area contributed by atoms with Gasteiger partial charge in [-0.05, 0) is 67.9 Å². The number of rotatable bonds is 16. The van der Waals surface area contributed by atoms with E-state index in [-0.39, 0.29) is 36.1 Å². The van der Waals surface area contributed by atoms with Gasteiger partial charge < -0.3 is 19.0 Å². The number of hydrogen-bond donors (Lipinski definition) is 1. The number of oxime groups is 1. The van der Waals surface area contributed by atoms with E-state index in [0.717, 1.165) is 28.2 Å². The second kappa shape index (κ2) is 15.9. The van der Waals surface area contributed by atoms with E-state index >= 15 is 0 Å². The predicted octanol–water partition coefficient (Wildman–Crippen LogP) is 8.46. The molecule has 0 saturated heterocycles. The number of nitro groups is 1. The summed E-state index contributed by atoms with van der Waals surface area (Å²) in [5.41, 5.74) is 1.89. The highest BCUT2D eigenvalue weighted by Gasteiger charge is 2.33. The number of phenols is 1. The third-order valence-corrected chi connectivity index (χ3v) is 9.24. The van der Waals surface area contributed by atoms with Gasteiger partial charge in [-0.2, -0.15) is 0 Å². The molecule has 0 aliphatic heterocycles. The molecule has 0 saturated carbocycles. The predicted molar refractivity (Wildman–Crippen MR) is 165 cm³/mol. The molecular formula is C29H49N2O7PS. The maximum Gasteiger partial charge on any atom is 0.382 e. The van der Waals surface area contributed by atoms with Crippen LogP contribution in [0.25, 0.3) is 0 Å². The fraction of sp³-hybridized carbons (Fsp3) is 0.690. The number of thioether (sulfide) groups is 1. The quantitative estimate of drug-likeness (QED) is 0.0501. The highest BCUT2D eigenvalue weighted by molar-refractivity contribution is 7.99. The first kappa shape index (κ1) is 36.2. The van der Waals surface area contributed by atoms with E-state index in [1.54, 1.807) is 32.5 Å². The molecule has 40 heavy (non-hydrogen) atoms. The van der Waals surface area contributed by atoms with Crippen molar-refractivity contribution in [1.29, 1.82) is 0 Å². The van der Waals surface area contributed by atoms with Crippen LogP contribution in [0.1, 0.15) is 99.6 Å². The number of benzene rings is 1. The summed E-state index contributed by atoms with van der Waals surface area (Å²) in [6, 6.07) is 3.18. The Morgan fingerprint density at radius 2 is 1.60 bits per heavy atom. The van der Waals surface area contributed by atoms with Crippen molar-refractivity contribution in [2.75, 3.05) is 25.6 Å². The Morgan fingerprint density at radius 3 is 2.02 bits per heavy atom. The molecule has 1 aromatic carbocycles. The summed E-state index contributed by atoms with van der Waals surface area (Å²) in [6.07, 6.45) is 3.33. The van der Waals surface area contributed by atoms with Gasteiger partial charge in [0.15, 0.2) is 5.45 Å². The molecule has 1 aromatic rings. The number of nitrogens with zero attached hydrogens (tertiary/aromatic N) is 2. The second-order valence-corrected chi connectivity index (χ2v) is 14.7. The Morgan fingerprint density at radius 1 is 1.07 bits per heavy atom. The monoisotopic (exact) mass is 600 g/mol. The van der Waals surface area contributed by atoms with Crippen LogP contribution in [0.2, 0.25) is 0 Å². The number of allylic oxidation sites excluding steroid dienone is 1. The van der Waals surface area contributed by atoms with Crippen LogP contribution in [-0.2, 0) is 29.3 Å². The van der Waals surface area contributed by atoms with Crippen molar-refractivity contribution in [2.45, 2.75) is 110 Å². The maximum atomic E-state index is 13.4. The van der Waals surface area contributed by atoms with Gasteiger partial charge in [0, 0.05) is 33.4 Å². The molecule has 0 aliphatic carbocycles. The average molecular weight is 601 g/mol. The van der Waals surface area contributed by atoms with Crippen molar-refractivity contribution in [1.82, 2.24) is 0 Å². The van der Waals surface area contributed by atoms with Crippen molar-refractivity contribution in [3.05, 3.63) is 45.0 Å². The fourth-order valence-corrected chi connectivity index (χ4v) is 6.38. The van der Waals surface area contributed by atoms with E-state index in [0.29, 0.717) is 24.2 Å². The molecule has 1 unspecified atom stereocenters. The molecule has 0 amide bonds. The van der Waals surface area contributed by atoms with Gasteiger partial charge in [0.05, 0.1) is 13.2 Å². The van der Waals surface area contributed by atoms with Crippen LogP contribution in [0, 0.1) is 10.1 Å². The van der Waals surface area contributed by atoms with Gasteiger partial charge in [-0.1, -0.05) is 53.6 Å². The van der Waals surface area contributed by atoms with Crippen LogP contribution >= 0.6 is 19.4 Å². The fourth-order valence-electron chi connectivity index (χ4n) is 3.89. The SMILES string of the molecule is CCOP(=O)(OCC)C(/C=C(\CC)C(C)[N+](=O)[O-])=N\OCCCCSc1cc(C(C)(C)C)c(O)c(C(C)(C)C)c1. The molecule has 228 valence electrons. The van der Waals surface area contributed by atoms with Gasteiger partial charge in [0.1, 0.15) is 12.4 Å². The van der Waals surface area contributed by atoms with Crippen molar-refractivity contribution in [3.8, 4) is 5.75 Å². The minimum atomic E-state index is -3.81. The Hall–Kier alpha value is -1.87. The molecule has 0 fully saturated rings. The Labute approximate surface area is 244 Å². The zero-order valence-corrected chi connectivity index (χ0v) is 27.6. The minimum absolute atomic E-state index is 0.0652. The van der Waals surface area contributed by atoms with E-state index in [1.165, 1.54) is 13.0 Å². The lowest BCUT2D eigenvalue weighted by molar-refractivity contribution is -0.507. The zero-order valence-electron chi connectivity index (χ0n) is 25.9. The van der Waals surface area contributed by atoms with Crippen LogP contribution in [0.5, 0.6) is 5.75 Å². The molecule has 0 radical (unpaired) electrons. The molecule has 9 nitrogen and oxygen atoms in total. The van der Waals surface area contributed by atoms with Gasteiger partial charge in [-0.15, -0.1) is 11.8 Å². The van der Waals surface area contributed by atoms with E-state index < -0.39 is 18.6 Å². The summed E-state index contributed by atoms with van der Waals surface area (Å²) in [5.74, 6) is 1.21. The van der Waals surface area contributed by atoms with Crippen LogP contribution in [-0.4, -0.2) is 47.1 Å². The summed E-state index contributed by atoms with van der Waals surface area (Å²) >= 11 is 1.73. The minimum Gasteiger partial charge on any atom is -0.507 e. The van der Waals surface area contributed by atoms with Crippen molar-refractivity contribution < 1.29 is 28.5 Å². The smallest absolute Gasteiger partial charge is 0.382 e. The van der Waals surface area contributed by atoms with Crippen molar-refractivity contribution in [2.24, 2.45) is 5.16 Å². The lowest BCUT2D eigenvalue weighted by Crippen LogP contribution is -2.19. The summed E-state index contributed by atoms with van der Waals surface area (Å²) in [6.45, 7) is 19.8. The van der Waals surface area contributed by atoms with Crippen LogP contribution in [0.4, 0.5) is 0 Å². The van der Waals surface area contributed by atoms with Gasteiger partial charge in [-0.25, -0.2) is 0 Å². The number of aromatic hydroxyl groups is 1. The Balaban J connectivity index is 2.98. The number of unbranched alkanes of at least 4 members (excludes halogenated alkanes) is 1. The first-order valence-electron chi connectivity index (χ1n) is 14.0. The lowest BCUT2D eigenvalue weighted by atomic mass is 9.79. The topological polar surface area (TPSA) is 120 Å². The largest absolute Gasteiger partial charge is 0.507 e. The van der Waals surface area contributed by atoms with Crippen molar-refractivity contribution >= 4 is 24.8 Å². The van der Waals surface area contributed by atoms with Crippen molar-refractivity contribution in [3.63, 3.8) is 0 Å². The van der Waals surface area contributed by atoms with E-state index in [9.17, 15) is 19.8 Å². The normalized spacial score (nSPS) is 14.3. The standard InChI is InChI=1S/C29H49N2O7PS/c1-11-22(21(4)31(33)34)18-26(39(35,37-12-2)38-13-3)30-36-16-14-15-17-40-23-19-24(28(5,6)7)27(32)25(20-23)29(8,9)10/h18-21,32H,11-17H2,1-10H3/b22-18+,30-26-. The molecule has 0 aromatic heterocycles. The molecular weight excluding hydrogens is 551 g/mol. The third kappa shape index (κ3) is 10.8. The first-order valence-corrected chi connectivity index (χ1v) is 16.5. The van der Waals surface area contributed by atoms with E-state index in [4.69, 9.17) is 13.9 Å². The molecule has 1 atom stereocenters. The van der Waals surface area contributed by atoms with Gasteiger partial charge in [0.25, 0.3) is 0 Å². The lowest BCUT2D eigenvalue weighted by Gasteiger charge is -2.28. The maximum absolute atomic E-state index is 13.4.